The van der Waals surface area contributed by atoms with Crippen molar-refractivity contribution in [2.24, 2.45) is 0 Å². The van der Waals surface area contributed by atoms with Crippen LogP contribution in [0.3, 0.4) is 0 Å². The predicted octanol–water partition coefficient (Wildman–Crippen LogP) is 4.88. The Kier molecular flexibility index (Phi) is 5.14. The van der Waals surface area contributed by atoms with Crippen LogP contribution in [0.5, 0.6) is 0 Å². The first-order valence-corrected chi connectivity index (χ1v) is 8.88. The lowest BCUT2D eigenvalue weighted by Crippen LogP contribution is -2.18. The van der Waals surface area contributed by atoms with Gasteiger partial charge < -0.3 is 5.73 Å². The van der Waals surface area contributed by atoms with Crippen molar-refractivity contribution in [1.82, 2.24) is 4.98 Å². The van der Waals surface area contributed by atoms with Crippen LogP contribution in [-0.2, 0) is 5.41 Å². The number of aryl methyl sites for hydroxylation is 1. The van der Waals surface area contributed by atoms with Crippen molar-refractivity contribution in [3.63, 3.8) is 0 Å². The summed E-state index contributed by atoms with van der Waals surface area (Å²) in [5, 5.41) is 11.6. The number of benzene rings is 2. The molecule has 28 heavy (non-hydrogen) atoms. The van der Waals surface area contributed by atoms with Crippen LogP contribution in [0.4, 0.5) is 11.4 Å². The maximum atomic E-state index is 11.6. The van der Waals surface area contributed by atoms with Gasteiger partial charge in [0, 0.05) is 17.3 Å². The van der Waals surface area contributed by atoms with Gasteiger partial charge in [-0.2, -0.15) is 0 Å². The Labute approximate surface area is 164 Å². The minimum Gasteiger partial charge on any atom is -0.393 e. The van der Waals surface area contributed by atoms with Crippen LogP contribution >= 0.6 is 0 Å². The number of nitrogens with zero attached hydrogens (tertiary/aromatic N) is 2. The van der Waals surface area contributed by atoms with Gasteiger partial charge in [-0.1, -0.05) is 42.2 Å². The number of nitrogens with two attached hydrogens (primary N) is 1. The Balaban J connectivity index is 2.10. The third kappa shape index (κ3) is 3.86. The second-order valence-corrected chi connectivity index (χ2v) is 7.15. The van der Waals surface area contributed by atoms with Crippen molar-refractivity contribution in [2.75, 3.05) is 5.73 Å². The molecular formula is C23H21N3O2. The number of rotatable bonds is 3. The predicted molar refractivity (Wildman–Crippen MR) is 112 cm³/mol. The molecule has 0 atom stereocenters. The molecule has 5 nitrogen and oxygen atoms in total. The SMILES string of the molecule is Cc1cc(N)c([N+](=O)[O-])c(C(C)(C)C#Cc2cccnc2-c2ccccc2)c1. The Hall–Kier alpha value is -3.65. The summed E-state index contributed by atoms with van der Waals surface area (Å²) in [6, 6.07) is 16.9. The van der Waals surface area contributed by atoms with Crippen LogP contribution < -0.4 is 5.73 Å². The largest absolute Gasteiger partial charge is 0.393 e. The molecule has 0 fully saturated rings. The molecule has 140 valence electrons. The normalized spacial score (nSPS) is 10.8. The van der Waals surface area contributed by atoms with E-state index in [2.05, 4.69) is 16.8 Å². The minimum atomic E-state index is -0.771. The molecule has 0 unspecified atom stereocenters. The molecule has 0 aliphatic heterocycles. The van der Waals surface area contributed by atoms with E-state index >= 15 is 0 Å². The van der Waals surface area contributed by atoms with Crippen molar-refractivity contribution in [1.29, 1.82) is 0 Å². The third-order valence-electron chi connectivity index (χ3n) is 4.50. The number of hydrogen-bond acceptors (Lipinski definition) is 4. The van der Waals surface area contributed by atoms with Gasteiger partial charge in [0.25, 0.3) is 5.69 Å². The van der Waals surface area contributed by atoms with Gasteiger partial charge in [0.05, 0.1) is 21.6 Å². The highest BCUT2D eigenvalue weighted by Gasteiger charge is 2.30. The van der Waals surface area contributed by atoms with Crippen molar-refractivity contribution < 1.29 is 4.92 Å². The smallest absolute Gasteiger partial charge is 0.296 e. The van der Waals surface area contributed by atoms with Crippen molar-refractivity contribution in [3.05, 3.63) is 87.6 Å². The fraction of sp³-hybridized carbons (Fsp3) is 0.174. The Morgan fingerprint density at radius 3 is 2.50 bits per heavy atom. The van der Waals surface area contributed by atoms with Crippen LogP contribution in [0, 0.1) is 28.9 Å². The molecule has 0 bridgehead atoms. The first-order chi connectivity index (χ1) is 13.3. The van der Waals surface area contributed by atoms with Gasteiger partial charge in [-0.25, -0.2) is 0 Å². The lowest BCUT2D eigenvalue weighted by molar-refractivity contribution is -0.384. The second kappa shape index (κ2) is 7.53. The summed E-state index contributed by atoms with van der Waals surface area (Å²) in [5.41, 5.74) is 9.11. The number of nitrogen functional groups attached to an aromatic ring is 1. The average molecular weight is 371 g/mol. The summed E-state index contributed by atoms with van der Waals surface area (Å²) in [4.78, 5) is 15.6. The molecule has 0 spiro atoms. The van der Waals surface area contributed by atoms with E-state index < -0.39 is 10.3 Å². The third-order valence-corrected chi connectivity index (χ3v) is 4.50. The minimum absolute atomic E-state index is 0.0839. The van der Waals surface area contributed by atoms with Crippen molar-refractivity contribution >= 4 is 11.4 Å². The first-order valence-electron chi connectivity index (χ1n) is 8.88. The summed E-state index contributed by atoms with van der Waals surface area (Å²) in [5.74, 6) is 6.38. The molecule has 0 radical (unpaired) electrons. The van der Waals surface area contributed by atoms with E-state index in [-0.39, 0.29) is 11.4 Å². The van der Waals surface area contributed by atoms with Gasteiger partial charge in [0.2, 0.25) is 0 Å². The van der Waals surface area contributed by atoms with Crippen molar-refractivity contribution in [2.45, 2.75) is 26.2 Å². The molecule has 3 rings (SSSR count). The molecule has 1 aromatic heterocycles. The van der Waals surface area contributed by atoms with E-state index in [1.54, 1.807) is 18.3 Å². The average Bonchev–Trinajstić information content (AvgIpc) is 2.66. The first kappa shape index (κ1) is 19.1. The van der Waals surface area contributed by atoms with E-state index in [1.165, 1.54) is 0 Å². The molecule has 0 saturated heterocycles. The molecule has 2 N–H and O–H groups in total. The zero-order valence-electron chi connectivity index (χ0n) is 16.1. The molecular weight excluding hydrogens is 350 g/mol. The second-order valence-electron chi connectivity index (χ2n) is 7.15. The van der Waals surface area contributed by atoms with Crippen LogP contribution in [0.15, 0.2) is 60.8 Å². The van der Waals surface area contributed by atoms with E-state index in [0.717, 1.165) is 22.4 Å². The summed E-state index contributed by atoms with van der Waals surface area (Å²) in [6.45, 7) is 5.58. The topological polar surface area (TPSA) is 82.0 Å². The molecule has 0 aliphatic carbocycles. The number of pyridine rings is 1. The standard InChI is InChI=1S/C23H21N3O2/c1-16-14-19(22(26(27)28)20(24)15-16)23(2,3)12-11-18-10-7-13-25-21(18)17-8-5-4-6-9-17/h4-10,13-15H,24H2,1-3H3. The van der Waals surface area contributed by atoms with Crippen molar-refractivity contribution in [3.8, 4) is 23.1 Å². The van der Waals surface area contributed by atoms with E-state index in [1.807, 2.05) is 63.2 Å². The van der Waals surface area contributed by atoms with Gasteiger partial charge >= 0.3 is 0 Å². The molecule has 2 aromatic carbocycles. The Morgan fingerprint density at radius 1 is 1.11 bits per heavy atom. The van der Waals surface area contributed by atoms with E-state index in [4.69, 9.17) is 5.73 Å². The quantitative estimate of drug-likeness (QED) is 0.308. The molecule has 3 aromatic rings. The molecule has 0 saturated carbocycles. The zero-order valence-corrected chi connectivity index (χ0v) is 16.1. The van der Waals surface area contributed by atoms with Gasteiger partial charge in [0.1, 0.15) is 5.69 Å². The lowest BCUT2D eigenvalue weighted by atomic mass is 9.82. The zero-order chi connectivity index (χ0) is 20.3. The Morgan fingerprint density at radius 2 is 1.82 bits per heavy atom. The number of nitro benzene ring substituents is 1. The van der Waals surface area contributed by atoms with Gasteiger partial charge in [-0.05, 0) is 50.6 Å². The van der Waals surface area contributed by atoms with E-state index in [0.29, 0.717) is 5.56 Å². The molecule has 0 aliphatic rings. The monoisotopic (exact) mass is 371 g/mol. The number of nitro groups is 1. The van der Waals surface area contributed by atoms with Gasteiger partial charge in [0.15, 0.2) is 0 Å². The number of anilines is 1. The highest BCUT2D eigenvalue weighted by molar-refractivity contribution is 5.69. The van der Waals surface area contributed by atoms with E-state index in [9.17, 15) is 10.1 Å². The summed E-state index contributed by atoms with van der Waals surface area (Å²) < 4.78 is 0. The van der Waals surface area contributed by atoms with Crippen LogP contribution in [0.2, 0.25) is 0 Å². The number of hydrogen-bond donors (Lipinski definition) is 1. The maximum Gasteiger partial charge on any atom is 0.296 e. The van der Waals surface area contributed by atoms with Gasteiger partial charge in [-0.15, -0.1) is 0 Å². The fourth-order valence-electron chi connectivity index (χ4n) is 3.11. The van der Waals surface area contributed by atoms with Gasteiger partial charge in [-0.3, -0.25) is 15.1 Å². The fourth-order valence-corrected chi connectivity index (χ4v) is 3.11. The maximum absolute atomic E-state index is 11.6. The highest BCUT2D eigenvalue weighted by Crippen LogP contribution is 2.36. The van der Waals surface area contributed by atoms with Crippen LogP contribution in [0.1, 0.15) is 30.5 Å². The summed E-state index contributed by atoms with van der Waals surface area (Å²) in [7, 11) is 0. The van der Waals surface area contributed by atoms with Crippen LogP contribution in [0.25, 0.3) is 11.3 Å². The summed E-state index contributed by atoms with van der Waals surface area (Å²) in [6.07, 6.45) is 1.73. The van der Waals surface area contributed by atoms with Crippen LogP contribution in [-0.4, -0.2) is 9.91 Å². The lowest BCUT2D eigenvalue weighted by Gasteiger charge is -2.20. The number of aromatic nitrogens is 1. The highest BCUT2D eigenvalue weighted by atomic mass is 16.6. The molecule has 1 heterocycles. The molecule has 5 heteroatoms. The summed E-state index contributed by atoms with van der Waals surface area (Å²) >= 11 is 0. The molecule has 0 amide bonds. The Bertz CT molecular complexity index is 1090.